The predicted octanol–water partition coefficient (Wildman–Crippen LogP) is 1.63. The number of hydrogen-bond acceptors (Lipinski definition) is 4. The quantitative estimate of drug-likeness (QED) is 0.795. The van der Waals surface area contributed by atoms with Gasteiger partial charge in [-0.05, 0) is 17.9 Å². The molecule has 0 aliphatic carbocycles. The number of rotatable bonds is 6. The molecule has 7 heteroatoms. The van der Waals surface area contributed by atoms with E-state index in [0.29, 0.717) is 30.1 Å². The second kappa shape index (κ2) is 6.85. The number of carbonyl (C=O) groups excluding carboxylic acids is 2. The van der Waals surface area contributed by atoms with Crippen LogP contribution in [0.15, 0.2) is 29.8 Å². The second-order valence-electron chi connectivity index (χ2n) is 4.26. The third-order valence-electron chi connectivity index (χ3n) is 2.59. The van der Waals surface area contributed by atoms with Gasteiger partial charge in [-0.15, -0.1) is 11.3 Å². The molecule has 20 heavy (non-hydrogen) atoms. The molecule has 2 rings (SSSR count). The van der Waals surface area contributed by atoms with E-state index in [-0.39, 0.29) is 11.8 Å². The van der Waals surface area contributed by atoms with Gasteiger partial charge in [0.05, 0.1) is 4.88 Å². The van der Waals surface area contributed by atoms with Crippen molar-refractivity contribution in [1.29, 1.82) is 0 Å². The van der Waals surface area contributed by atoms with Gasteiger partial charge in [0.25, 0.3) is 5.91 Å². The summed E-state index contributed by atoms with van der Waals surface area (Å²) in [5.41, 5.74) is 0. The zero-order chi connectivity index (χ0) is 14.4. The van der Waals surface area contributed by atoms with Gasteiger partial charge in [-0.25, -0.2) is 0 Å². The minimum absolute atomic E-state index is 0.0925. The van der Waals surface area contributed by atoms with Crippen molar-refractivity contribution >= 4 is 29.0 Å². The van der Waals surface area contributed by atoms with Gasteiger partial charge in [-0.2, -0.15) is 5.10 Å². The van der Waals surface area contributed by atoms with Crippen LogP contribution in [0.2, 0.25) is 0 Å². The van der Waals surface area contributed by atoms with Crippen LogP contribution in [0.25, 0.3) is 0 Å². The SMILES string of the molecule is Cn1ccc(NC(=O)CCCNC(=O)c2cccs2)n1. The molecule has 2 aromatic rings. The van der Waals surface area contributed by atoms with Gasteiger partial charge in [-0.3, -0.25) is 14.3 Å². The molecular formula is C13H16N4O2S. The lowest BCUT2D eigenvalue weighted by Gasteiger charge is -2.04. The van der Waals surface area contributed by atoms with Crippen LogP contribution >= 0.6 is 11.3 Å². The fraction of sp³-hybridized carbons (Fsp3) is 0.308. The van der Waals surface area contributed by atoms with E-state index in [0.717, 1.165) is 0 Å². The van der Waals surface area contributed by atoms with Crippen LogP contribution in [0.3, 0.4) is 0 Å². The molecule has 106 valence electrons. The number of aromatic nitrogens is 2. The summed E-state index contributed by atoms with van der Waals surface area (Å²) in [5.74, 6) is 0.347. The molecule has 6 nitrogen and oxygen atoms in total. The lowest BCUT2D eigenvalue weighted by Crippen LogP contribution is -2.24. The Labute approximate surface area is 120 Å². The van der Waals surface area contributed by atoms with Crippen LogP contribution < -0.4 is 10.6 Å². The molecular weight excluding hydrogens is 276 g/mol. The van der Waals surface area contributed by atoms with E-state index in [4.69, 9.17) is 0 Å². The Balaban J connectivity index is 1.63. The number of anilines is 1. The summed E-state index contributed by atoms with van der Waals surface area (Å²) in [6.45, 7) is 0.479. The third-order valence-corrected chi connectivity index (χ3v) is 3.46. The maximum Gasteiger partial charge on any atom is 0.261 e. The molecule has 0 saturated carbocycles. The zero-order valence-electron chi connectivity index (χ0n) is 11.1. The van der Waals surface area contributed by atoms with Crippen molar-refractivity contribution in [2.24, 2.45) is 7.05 Å². The fourth-order valence-corrected chi connectivity index (χ4v) is 2.27. The first-order valence-electron chi connectivity index (χ1n) is 6.26. The largest absolute Gasteiger partial charge is 0.351 e. The van der Waals surface area contributed by atoms with Crippen molar-refractivity contribution in [1.82, 2.24) is 15.1 Å². The van der Waals surface area contributed by atoms with Gasteiger partial charge in [-0.1, -0.05) is 6.07 Å². The van der Waals surface area contributed by atoms with Gasteiger partial charge < -0.3 is 10.6 Å². The van der Waals surface area contributed by atoms with Crippen molar-refractivity contribution in [3.8, 4) is 0 Å². The van der Waals surface area contributed by atoms with Crippen molar-refractivity contribution < 1.29 is 9.59 Å². The smallest absolute Gasteiger partial charge is 0.261 e. The lowest BCUT2D eigenvalue weighted by molar-refractivity contribution is -0.116. The summed E-state index contributed by atoms with van der Waals surface area (Å²) in [6.07, 6.45) is 2.70. The van der Waals surface area contributed by atoms with Crippen molar-refractivity contribution in [3.63, 3.8) is 0 Å². The Hall–Kier alpha value is -2.15. The lowest BCUT2D eigenvalue weighted by atomic mass is 10.3. The van der Waals surface area contributed by atoms with Gasteiger partial charge in [0.2, 0.25) is 5.91 Å². The molecule has 0 bridgehead atoms. The first kappa shape index (κ1) is 14.3. The number of aryl methyl sites for hydroxylation is 1. The van der Waals surface area contributed by atoms with Crippen LogP contribution in [0, 0.1) is 0 Å². The van der Waals surface area contributed by atoms with Gasteiger partial charge in [0, 0.05) is 32.3 Å². The van der Waals surface area contributed by atoms with Crippen molar-refractivity contribution in [2.75, 3.05) is 11.9 Å². The highest BCUT2D eigenvalue weighted by Gasteiger charge is 2.07. The zero-order valence-corrected chi connectivity index (χ0v) is 11.9. The third kappa shape index (κ3) is 4.20. The summed E-state index contributed by atoms with van der Waals surface area (Å²) < 4.78 is 1.62. The molecule has 2 heterocycles. The van der Waals surface area contributed by atoms with Crippen LogP contribution in [0.5, 0.6) is 0 Å². The van der Waals surface area contributed by atoms with Crippen molar-refractivity contribution in [2.45, 2.75) is 12.8 Å². The van der Waals surface area contributed by atoms with Crippen LogP contribution in [0.4, 0.5) is 5.82 Å². The van der Waals surface area contributed by atoms with E-state index in [2.05, 4.69) is 15.7 Å². The fourth-order valence-electron chi connectivity index (χ4n) is 1.63. The summed E-state index contributed by atoms with van der Waals surface area (Å²) >= 11 is 1.40. The highest BCUT2D eigenvalue weighted by Crippen LogP contribution is 2.07. The molecule has 0 spiro atoms. The number of nitrogens with zero attached hydrogens (tertiary/aromatic N) is 2. The van der Waals surface area contributed by atoms with Gasteiger partial charge in [0.1, 0.15) is 0 Å². The van der Waals surface area contributed by atoms with Crippen LogP contribution in [-0.4, -0.2) is 28.1 Å². The van der Waals surface area contributed by atoms with Gasteiger partial charge >= 0.3 is 0 Å². The molecule has 0 aliphatic rings. The monoisotopic (exact) mass is 292 g/mol. The highest BCUT2D eigenvalue weighted by molar-refractivity contribution is 7.12. The standard InChI is InChI=1S/C13H16N4O2S/c1-17-8-6-11(16-17)15-12(18)5-2-7-14-13(19)10-4-3-9-20-10/h3-4,6,8-9H,2,5,7H2,1H3,(H,14,19)(H,15,16,18). The highest BCUT2D eigenvalue weighted by atomic mass is 32.1. The summed E-state index contributed by atoms with van der Waals surface area (Å²) in [7, 11) is 1.79. The first-order valence-corrected chi connectivity index (χ1v) is 7.14. The normalized spacial score (nSPS) is 10.2. The Bertz CT molecular complexity index is 577. The second-order valence-corrected chi connectivity index (χ2v) is 5.21. The molecule has 0 aromatic carbocycles. The first-order chi connectivity index (χ1) is 9.65. The number of thiophene rings is 1. The van der Waals surface area contributed by atoms with E-state index >= 15 is 0 Å². The molecule has 0 saturated heterocycles. The van der Waals surface area contributed by atoms with Crippen LogP contribution in [-0.2, 0) is 11.8 Å². The van der Waals surface area contributed by atoms with E-state index in [9.17, 15) is 9.59 Å². The number of carbonyl (C=O) groups is 2. The number of hydrogen-bond donors (Lipinski definition) is 2. The van der Waals surface area contributed by atoms with E-state index < -0.39 is 0 Å². The van der Waals surface area contributed by atoms with Crippen LogP contribution in [0.1, 0.15) is 22.5 Å². The Morgan fingerprint density at radius 3 is 2.90 bits per heavy atom. The minimum atomic E-state index is -0.103. The van der Waals surface area contributed by atoms with Gasteiger partial charge in [0.15, 0.2) is 5.82 Å². The summed E-state index contributed by atoms with van der Waals surface area (Å²) in [6, 6.07) is 5.34. The molecule has 2 N–H and O–H groups in total. The molecule has 2 amide bonds. The molecule has 0 radical (unpaired) electrons. The number of nitrogens with one attached hydrogen (secondary N) is 2. The molecule has 0 atom stereocenters. The van der Waals surface area contributed by atoms with E-state index in [1.807, 2.05) is 11.4 Å². The molecule has 0 fully saturated rings. The molecule has 0 unspecified atom stereocenters. The Morgan fingerprint density at radius 1 is 1.40 bits per heavy atom. The maximum atomic E-state index is 11.6. The summed E-state index contributed by atoms with van der Waals surface area (Å²) in [5, 5.41) is 11.4. The van der Waals surface area contributed by atoms with E-state index in [1.165, 1.54) is 11.3 Å². The minimum Gasteiger partial charge on any atom is -0.351 e. The van der Waals surface area contributed by atoms with Crippen molar-refractivity contribution in [3.05, 3.63) is 34.7 Å². The average Bonchev–Trinajstić information content (AvgIpc) is 3.06. The summed E-state index contributed by atoms with van der Waals surface area (Å²) in [4.78, 5) is 23.9. The average molecular weight is 292 g/mol. The molecule has 0 aliphatic heterocycles. The van der Waals surface area contributed by atoms with E-state index in [1.54, 1.807) is 30.1 Å². The topological polar surface area (TPSA) is 76.0 Å². The number of amides is 2. The predicted molar refractivity (Wildman–Crippen MR) is 77.7 cm³/mol. The maximum absolute atomic E-state index is 11.6. The Morgan fingerprint density at radius 2 is 2.25 bits per heavy atom. The molecule has 2 aromatic heterocycles. The Kier molecular flexibility index (Phi) is 4.89.